The number of nitrogens with zero attached hydrogens (tertiary/aromatic N) is 2. The number of hydrogen-bond donors (Lipinski definition) is 6. The minimum absolute atomic E-state index is 0. The van der Waals surface area contributed by atoms with Crippen molar-refractivity contribution in [2.24, 2.45) is 0 Å². The number of nitrogens with one attached hydrogen (secondary N) is 5. The van der Waals surface area contributed by atoms with Crippen LogP contribution in [-0.2, 0) is 21.0 Å². The molecule has 0 spiro atoms. The van der Waals surface area contributed by atoms with Crippen molar-refractivity contribution in [3.8, 4) is 0 Å². The van der Waals surface area contributed by atoms with Gasteiger partial charge in [-0.15, -0.1) is 0 Å². The first-order valence-electron chi connectivity index (χ1n) is 24.5. The van der Waals surface area contributed by atoms with Gasteiger partial charge in [0.25, 0.3) is 29.4 Å². The summed E-state index contributed by atoms with van der Waals surface area (Å²) in [6, 6.07) is 22.4. The molecule has 6 rings (SSSR count). The van der Waals surface area contributed by atoms with Gasteiger partial charge in [-0.3, -0.25) is 24.0 Å². The number of halogens is 15. The largest absolute Gasteiger partial charge is 1.00 e. The maximum Gasteiger partial charge on any atom is 1.00 e. The van der Waals surface area contributed by atoms with E-state index < -0.39 is 70.1 Å². The van der Waals surface area contributed by atoms with Crippen molar-refractivity contribution in [2.45, 2.75) is 77.6 Å². The molecule has 31 heteroatoms. The summed E-state index contributed by atoms with van der Waals surface area (Å²) in [4.78, 5) is 66.8. The summed E-state index contributed by atoms with van der Waals surface area (Å²) in [6.07, 6.45) is -25.0. The van der Waals surface area contributed by atoms with Gasteiger partial charge < -0.3 is 42.5 Å². The van der Waals surface area contributed by atoms with Crippen LogP contribution < -0.4 is 67.1 Å². The Morgan fingerprint density at radius 1 is 0.534 bits per heavy atom. The molecule has 0 atom stereocenters. The average molecular weight is 1280 g/mol. The Balaban J connectivity index is 0.000000491. The Morgan fingerprint density at radius 2 is 0.864 bits per heavy atom. The fourth-order valence-corrected chi connectivity index (χ4v) is 7.99. The van der Waals surface area contributed by atoms with Crippen LogP contribution in [0.15, 0.2) is 109 Å². The Kier molecular flexibility index (Phi) is 27.0. The van der Waals surface area contributed by atoms with Gasteiger partial charge in [0.15, 0.2) is 11.4 Å². The van der Waals surface area contributed by atoms with Gasteiger partial charge in [0, 0.05) is 69.5 Å². The standard InChI is InChI=1S/C28H23F7N4O2.C20H20F7N3O.C8H4ClNO.CH2O3.Na/c1-5-37-22-11-10-20(38-24(40)17-6-8-19(36-4)9-7-17)14-21(22)25(41)39-23-15(2)12-18(13-16(23)3)26(29,27(30,31)32)28(33,34)35;1-4-29-15-6-5-13(28)9-14(15)17(31)30-16-10(2)7-12(8-11(16)3)18(21,19(22,23)24)20(25,26)27;1-10-7-4-2-6(3-5-7)8(9)11;2-1-4-3;/h6-14,37H,5H2,1-3H3,(H,38,40)(H,39,41);5-9,29H,4,28H2,1-3H3,(H,30,31);2-5H;1,3H;/q;;;;+1/p-1. The van der Waals surface area contributed by atoms with E-state index in [4.69, 9.17) is 40.5 Å². The Hall–Kier alpha value is -8.48. The summed E-state index contributed by atoms with van der Waals surface area (Å²) in [5.74, 6) is -2.02. The van der Waals surface area contributed by atoms with Crippen LogP contribution in [0, 0.1) is 40.8 Å². The van der Waals surface area contributed by atoms with E-state index in [1.807, 2.05) is 0 Å². The molecule has 0 radical (unpaired) electrons. The summed E-state index contributed by atoms with van der Waals surface area (Å²) < 4.78 is 187. The Morgan fingerprint density at radius 3 is 1.17 bits per heavy atom. The second-order valence-electron chi connectivity index (χ2n) is 18.0. The second-order valence-corrected chi connectivity index (χ2v) is 18.4. The number of alkyl halides is 14. The van der Waals surface area contributed by atoms with E-state index in [0.29, 0.717) is 65.7 Å². The van der Waals surface area contributed by atoms with Crippen LogP contribution in [-0.4, -0.2) is 67.2 Å². The Bertz CT molecular complexity index is 3480. The minimum atomic E-state index is -6.28. The fraction of sp³-hybridized carbons (Fsp3) is 0.246. The van der Waals surface area contributed by atoms with Crippen LogP contribution >= 0.6 is 11.6 Å². The van der Waals surface area contributed by atoms with E-state index >= 15 is 0 Å². The SMILES string of the molecule is CCNc1ccc(N)cc1C(=O)Nc1c(C)cc(C(F)(C(F)(F)F)C(F)(F)F)cc1C.O=CO[O-].[C-]#[N+]c1ccc(C(=O)Cl)cc1.[C-]#[N+]c1ccc(C(=O)Nc2ccc(NCC)c(C(=O)Nc3c(C)cc(C(F)(C(F)(F)F)C(F)(F)F)cc3C)c2)cc1.[Na+]. The summed E-state index contributed by atoms with van der Waals surface area (Å²) >= 11 is 5.18. The summed E-state index contributed by atoms with van der Waals surface area (Å²) in [5.41, 5.74) is -6.84. The first kappa shape index (κ1) is 75.6. The van der Waals surface area contributed by atoms with Crippen molar-refractivity contribution in [1.82, 2.24) is 0 Å². The van der Waals surface area contributed by atoms with Crippen LogP contribution in [0.3, 0.4) is 0 Å². The third kappa shape index (κ3) is 18.5. The minimum Gasteiger partial charge on any atom is -0.662 e. The molecule has 0 heterocycles. The summed E-state index contributed by atoms with van der Waals surface area (Å²) in [5, 5.41) is 21.4. The van der Waals surface area contributed by atoms with Gasteiger partial charge in [-0.2, -0.15) is 52.7 Å². The topological polar surface area (TPSA) is 213 Å². The molecule has 0 saturated heterocycles. The van der Waals surface area contributed by atoms with E-state index in [9.17, 15) is 80.6 Å². The number of anilines is 6. The Labute approximate surface area is 519 Å². The molecular formula is C57H48ClF14N8NaO7. The maximum absolute atomic E-state index is 14.6. The number of benzene rings is 6. The molecule has 0 aromatic heterocycles. The van der Waals surface area contributed by atoms with Gasteiger partial charge in [0.05, 0.1) is 24.3 Å². The summed E-state index contributed by atoms with van der Waals surface area (Å²) in [7, 11) is 0. The first-order chi connectivity index (χ1) is 40.3. The molecule has 0 fully saturated rings. The van der Waals surface area contributed by atoms with Crippen LogP contribution in [0.25, 0.3) is 9.69 Å². The smallest absolute Gasteiger partial charge is 0.662 e. The number of nitrogen functional groups attached to an aromatic ring is 1. The zero-order valence-corrected chi connectivity index (χ0v) is 49.6. The average Bonchev–Trinajstić information content (AvgIpc) is 0.757. The molecule has 3 amide bonds. The van der Waals surface area contributed by atoms with Crippen molar-refractivity contribution in [2.75, 3.05) is 45.4 Å². The van der Waals surface area contributed by atoms with Crippen LogP contribution in [0.4, 0.5) is 107 Å². The molecular weight excluding hydrogens is 1230 g/mol. The number of rotatable bonds is 14. The second kappa shape index (κ2) is 31.4. The number of amides is 3. The molecule has 88 heavy (non-hydrogen) atoms. The first-order valence-corrected chi connectivity index (χ1v) is 24.9. The van der Waals surface area contributed by atoms with Gasteiger partial charge in [0.2, 0.25) is 0 Å². The molecule has 0 saturated carbocycles. The van der Waals surface area contributed by atoms with E-state index in [2.05, 4.69) is 41.2 Å². The molecule has 0 aliphatic heterocycles. The van der Waals surface area contributed by atoms with E-state index in [1.54, 1.807) is 38.1 Å². The van der Waals surface area contributed by atoms with Crippen LogP contribution in [0.1, 0.15) is 88.7 Å². The number of hydrogen-bond acceptors (Lipinski definition) is 10. The molecule has 7 N–H and O–H groups in total. The van der Waals surface area contributed by atoms with Gasteiger partial charge in [-0.25, -0.2) is 18.5 Å². The third-order valence-electron chi connectivity index (χ3n) is 12.0. The predicted molar refractivity (Wildman–Crippen MR) is 294 cm³/mol. The van der Waals surface area contributed by atoms with Gasteiger partial charge >= 0.3 is 65.6 Å². The molecule has 15 nitrogen and oxygen atoms in total. The van der Waals surface area contributed by atoms with Crippen molar-refractivity contribution in [1.29, 1.82) is 0 Å². The van der Waals surface area contributed by atoms with E-state index in [1.165, 1.54) is 74.5 Å². The fourth-order valence-electron chi connectivity index (χ4n) is 7.86. The van der Waals surface area contributed by atoms with Crippen molar-refractivity contribution in [3.05, 3.63) is 188 Å². The van der Waals surface area contributed by atoms with Gasteiger partial charge in [0.1, 0.15) is 0 Å². The molecule has 0 aliphatic rings. The van der Waals surface area contributed by atoms with E-state index in [0.717, 1.165) is 13.8 Å². The molecule has 0 aliphatic carbocycles. The quantitative estimate of drug-likeness (QED) is 0.00887. The molecule has 0 bridgehead atoms. The number of carbonyl (C=O) groups excluding carboxylic acids is 5. The summed E-state index contributed by atoms with van der Waals surface area (Å²) in [6.45, 7) is 22.5. The van der Waals surface area contributed by atoms with Gasteiger partial charge in [-0.05, 0) is 112 Å². The zero-order valence-electron chi connectivity index (χ0n) is 46.9. The molecule has 0 unspecified atom stereocenters. The van der Waals surface area contributed by atoms with Gasteiger partial charge in [-0.1, -0.05) is 72.8 Å². The monoisotopic (exact) mass is 1280 g/mol. The van der Waals surface area contributed by atoms with Crippen LogP contribution in [0.5, 0.6) is 0 Å². The molecule has 464 valence electrons. The number of carbonyl (C=O) groups is 5. The van der Waals surface area contributed by atoms with E-state index in [-0.39, 0.29) is 97.7 Å². The number of aryl methyl sites for hydroxylation is 4. The van der Waals surface area contributed by atoms with Crippen molar-refractivity contribution < 1.29 is 125 Å². The normalized spacial score (nSPS) is 11.3. The van der Waals surface area contributed by atoms with Crippen molar-refractivity contribution >= 4 is 86.5 Å². The molecule has 6 aromatic rings. The zero-order chi connectivity index (χ0) is 66.2. The third-order valence-corrected chi connectivity index (χ3v) is 12.2. The molecule has 6 aromatic carbocycles. The van der Waals surface area contributed by atoms with Crippen LogP contribution in [0.2, 0.25) is 0 Å². The van der Waals surface area contributed by atoms with Crippen molar-refractivity contribution in [3.63, 3.8) is 0 Å². The number of nitrogens with two attached hydrogens (primary N) is 1. The predicted octanol–water partition coefficient (Wildman–Crippen LogP) is 12.0. The maximum atomic E-state index is 14.6.